The largest absolute Gasteiger partial charge is 0.496 e. The third-order valence-electron chi connectivity index (χ3n) is 4.23. The number of ether oxygens (including phenoxy) is 1. The molecule has 1 saturated heterocycles. The van der Waals surface area contributed by atoms with Crippen molar-refractivity contribution in [1.82, 2.24) is 10.2 Å². The van der Waals surface area contributed by atoms with Crippen molar-refractivity contribution in [1.29, 1.82) is 0 Å². The van der Waals surface area contributed by atoms with Crippen molar-refractivity contribution < 1.29 is 4.74 Å². The highest BCUT2D eigenvalue weighted by Gasteiger charge is 2.26. The number of nitrogens with one attached hydrogen (secondary N) is 1. The maximum Gasteiger partial charge on any atom is 0.123 e. The van der Waals surface area contributed by atoms with Crippen LogP contribution in [-0.4, -0.2) is 37.7 Å². The molecule has 1 aliphatic heterocycles. The Morgan fingerprint density at radius 1 is 1.26 bits per heavy atom. The molecule has 1 atom stereocenters. The quantitative estimate of drug-likeness (QED) is 0.849. The molecule has 2 fully saturated rings. The molecule has 0 aromatic heterocycles. The normalized spacial score (nSPS) is 23.7. The van der Waals surface area contributed by atoms with E-state index in [1.54, 1.807) is 7.11 Å². The first-order chi connectivity index (χ1) is 9.35. The standard InChI is InChI=1S/C16H24N2O/c1-19-16-5-3-2-4-14(16)12-18-9-8-13(11-18)10-17-15-6-7-15/h2-5,13,15,17H,6-12H2,1H3. The first kappa shape index (κ1) is 12.9. The highest BCUT2D eigenvalue weighted by molar-refractivity contribution is 5.33. The van der Waals surface area contributed by atoms with Gasteiger partial charge in [0.2, 0.25) is 0 Å². The van der Waals surface area contributed by atoms with E-state index in [-0.39, 0.29) is 0 Å². The molecule has 0 radical (unpaired) electrons. The summed E-state index contributed by atoms with van der Waals surface area (Å²) in [4.78, 5) is 2.55. The van der Waals surface area contributed by atoms with Gasteiger partial charge >= 0.3 is 0 Å². The van der Waals surface area contributed by atoms with Crippen LogP contribution in [0.2, 0.25) is 0 Å². The number of hydrogen-bond donors (Lipinski definition) is 1. The zero-order valence-electron chi connectivity index (χ0n) is 11.8. The molecule has 1 heterocycles. The second-order valence-corrected chi connectivity index (χ2v) is 5.88. The molecule has 1 aromatic carbocycles. The second-order valence-electron chi connectivity index (χ2n) is 5.88. The first-order valence-corrected chi connectivity index (χ1v) is 7.43. The summed E-state index contributed by atoms with van der Waals surface area (Å²) in [6, 6.07) is 9.20. The van der Waals surface area contributed by atoms with E-state index in [9.17, 15) is 0 Å². The Bertz CT molecular complexity index is 417. The minimum absolute atomic E-state index is 0.829. The maximum atomic E-state index is 5.43. The van der Waals surface area contributed by atoms with E-state index in [0.29, 0.717) is 0 Å². The third kappa shape index (κ3) is 3.48. The Labute approximate surface area is 115 Å². The fraction of sp³-hybridized carbons (Fsp3) is 0.625. The van der Waals surface area contributed by atoms with E-state index >= 15 is 0 Å². The zero-order chi connectivity index (χ0) is 13.1. The maximum absolute atomic E-state index is 5.43. The van der Waals surface area contributed by atoms with E-state index in [1.165, 1.54) is 44.5 Å². The zero-order valence-corrected chi connectivity index (χ0v) is 11.8. The fourth-order valence-corrected chi connectivity index (χ4v) is 2.92. The van der Waals surface area contributed by atoms with Crippen LogP contribution in [-0.2, 0) is 6.54 Å². The van der Waals surface area contributed by atoms with E-state index in [2.05, 4.69) is 28.4 Å². The summed E-state index contributed by atoms with van der Waals surface area (Å²) in [5, 5.41) is 3.65. The molecule has 0 bridgehead atoms. The molecule has 0 amide bonds. The third-order valence-corrected chi connectivity index (χ3v) is 4.23. The van der Waals surface area contributed by atoms with Crippen molar-refractivity contribution in [3.05, 3.63) is 29.8 Å². The van der Waals surface area contributed by atoms with Crippen LogP contribution in [0.15, 0.2) is 24.3 Å². The van der Waals surface area contributed by atoms with Crippen molar-refractivity contribution in [2.75, 3.05) is 26.7 Å². The lowest BCUT2D eigenvalue weighted by Gasteiger charge is -2.18. The summed E-state index contributed by atoms with van der Waals surface area (Å²) in [5.74, 6) is 1.84. The second kappa shape index (κ2) is 5.93. The monoisotopic (exact) mass is 260 g/mol. The van der Waals surface area contributed by atoms with Gasteiger partial charge in [-0.1, -0.05) is 18.2 Å². The van der Waals surface area contributed by atoms with Crippen LogP contribution in [0.1, 0.15) is 24.8 Å². The molecule has 1 aliphatic carbocycles. The molecule has 104 valence electrons. The number of hydrogen-bond acceptors (Lipinski definition) is 3. The van der Waals surface area contributed by atoms with Gasteiger partial charge in [0.1, 0.15) is 5.75 Å². The smallest absolute Gasteiger partial charge is 0.123 e. The van der Waals surface area contributed by atoms with Crippen LogP contribution < -0.4 is 10.1 Å². The Balaban J connectivity index is 1.50. The molecule has 0 spiro atoms. The van der Waals surface area contributed by atoms with Gasteiger partial charge in [-0.15, -0.1) is 0 Å². The summed E-state index contributed by atoms with van der Waals surface area (Å²) in [6.45, 7) is 4.66. The molecule has 1 unspecified atom stereocenters. The molecule has 3 nitrogen and oxygen atoms in total. The van der Waals surface area contributed by atoms with Gasteiger partial charge in [0.15, 0.2) is 0 Å². The average Bonchev–Trinajstić information content (AvgIpc) is 3.17. The van der Waals surface area contributed by atoms with Crippen molar-refractivity contribution in [2.45, 2.75) is 31.8 Å². The highest BCUT2D eigenvalue weighted by atomic mass is 16.5. The summed E-state index contributed by atoms with van der Waals surface area (Å²) in [7, 11) is 1.76. The number of rotatable bonds is 6. The van der Waals surface area contributed by atoms with Gasteiger partial charge in [0.25, 0.3) is 0 Å². The number of para-hydroxylation sites is 1. The molecular weight excluding hydrogens is 236 g/mol. The molecule has 2 aliphatic rings. The average molecular weight is 260 g/mol. The topological polar surface area (TPSA) is 24.5 Å². The fourth-order valence-electron chi connectivity index (χ4n) is 2.92. The minimum Gasteiger partial charge on any atom is -0.496 e. The van der Waals surface area contributed by atoms with Gasteiger partial charge in [-0.2, -0.15) is 0 Å². The van der Waals surface area contributed by atoms with Crippen molar-refractivity contribution in [3.63, 3.8) is 0 Å². The molecule has 19 heavy (non-hydrogen) atoms. The molecule has 3 heteroatoms. The lowest BCUT2D eigenvalue weighted by molar-refractivity contribution is 0.306. The van der Waals surface area contributed by atoms with Crippen LogP contribution in [0.5, 0.6) is 5.75 Å². The molecule has 1 N–H and O–H groups in total. The van der Waals surface area contributed by atoms with Crippen molar-refractivity contribution in [2.24, 2.45) is 5.92 Å². The molecule has 1 saturated carbocycles. The van der Waals surface area contributed by atoms with Crippen molar-refractivity contribution >= 4 is 0 Å². The van der Waals surface area contributed by atoms with Crippen LogP contribution in [0.25, 0.3) is 0 Å². The van der Waals surface area contributed by atoms with Crippen LogP contribution >= 0.6 is 0 Å². The Hall–Kier alpha value is -1.06. The van der Waals surface area contributed by atoms with Gasteiger partial charge in [-0.3, -0.25) is 4.90 Å². The Kier molecular flexibility index (Phi) is 4.04. The Morgan fingerprint density at radius 2 is 2.11 bits per heavy atom. The van der Waals surface area contributed by atoms with E-state index < -0.39 is 0 Å². The van der Waals surface area contributed by atoms with Gasteiger partial charge in [0.05, 0.1) is 7.11 Å². The highest BCUT2D eigenvalue weighted by Crippen LogP contribution is 2.24. The van der Waals surface area contributed by atoms with E-state index in [4.69, 9.17) is 4.74 Å². The summed E-state index contributed by atoms with van der Waals surface area (Å²) < 4.78 is 5.43. The summed E-state index contributed by atoms with van der Waals surface area (Å²) in [6.07, 6.45) is 4.10. The molecular formula is C16H24N2O. The molecule has 1 aromatic rings. The van der Waals surface area contributed by atoms with Gasteiger partial charge in [0, 0.05) is 24.7 Å². The summed E-state index contributed by atoms with van der Waals surface area (Å²) in [5.41, 5.74) is 1.31. The number of likely N-dealkylation sites (tertiary alicyclic amines) is 1. The van der Waals surface area contributed by atoms with E-state index in [1.807, 2.05) is 6.07 Å². The van der Waals surface area contributed by atoms with Gasteiger partial charge < -0.3 is 10.1 Å². The first-order valence-electron chi connectivity index (χ1n) is 7.43. The SMILES string of the molecule is COc1ccccc1CN1CCC(CNC2CC2)C1. The van der Waals surface area contributed by atoms with Crippen LogP contribution in [0, 0.1) is 5.92 Å². The van der Waals surface area contributed by atoms with Crippen LogP contribution in [0.3, 0.4) is 0 Å². The number of nitrogens with zero attached hydrogens (tertiary/aromatic N) is 1. The van der Waals surface area contributed by atoms with E-state index in [0.717, 1.165) is 24.3 Å². The number of benzene rings is 1. The van der Waals surface area contributed by atoms with Crippen molar-refractivity contribution in [3.8, 4) is 5.75 Å². The lowest BCUT2D eigenvalue weighted by atomic mass is 10.1. The predicted octanol–water partition coefficient (Wildman–Crippen LogP) is 2.27. The van der Waals surface area contributed by atoms with Gasteiger partial charge in [-0.25, -0.2) is 0 Å². The predicted molar refractivity (Wildman–Crippen MR) is 77.4 cm³/mol. The minimum atomic E-state index is 0.829. The van der Waals surface area contributed by atoms with Gasteiger partial charge in [-0.05, 0) is 44.3 Å². The lowest BCUT2D eigenvalue weighted by Crippen LogP contribution is -2.27. The van der Waals surface area contributed by atoms with Crippen LogP contribution in [0.4, 0.5) is 0 Å². The molecule has 3 rings (SSSR count). The summed E-state index contributed by atoms with van der Waals surface area (Å²) >= 11 is 0. The number of methoxy groups -OCH3 is 1. The Morgan fingerprint density at radius 3 is 2.89 bits per heavy atom.